The van der Waals surface area contributed by atoms with Crippen LogP contribution in [0, 0.1) is 5.92 Å². The molecule has 0 spiro atoms. The Hall–Kier alpha value is -0.860. The molecule has 2 atom stereocenters. The van der Waals surface area contributed by atoms with Crippen molar-refractivity contribution in [3.63, 3.8) is 0 Å². The van der Waals surface area contributed by atoms with E-state index in [0.29, 0.717) is 12.0 Å². The topological polar surface area (TPSA) is 21.3 Å². The number of nitrogens with one attached hydrogen (secondary N) is 1. The van der Waals surface area contributed by atoms with E-state index in [1.807, 2.05) is 7.05 Å². The van der Waals surface area contributed by atoms with Gasteiger partial charge in [0.15, 0.2) is 0 Å². The fourth-order valence-corrected chi connectivity index (χ4v) is 2.85. The molecule has 1 aromatic rings. The number of rotatable bonds is 4. The van der Waals surface area contributed by atoms with E-state index in [1.165, 1.54) is 30.4 Å². The lowest BCUT2D eigenvalue weighted by Gasteiger charge is -2.18. The van der Waals surface area contributed by atoms with Gasteiger partial charge >= 0.3 is 0 Å². The second kappa shape index (κ2) is 4.79. The van der Waals surface area contributed by atoms with Crippen molar-refractivity contribution in [2.75, 3.05) is 20.2 Å². The Morgan fingerprint density at radius 2 is 1.82 bits per heavy atom. The highest BCUT2D eigenvalue weighted by Gasteiger charge is 2.29. The summed E-state index contributed by atoms with van der Waals surface area (Å²) in [6.45, 7) is 1.95. The Morgan fingerprint density at radius 1 is 1.12 bits per heavy atom. The van der Waals surface area contributed by atoms with Crippen molar-refractivity contribution in [1.82, 2.24) is 5.32 Å². The van der Waals surface area contributed by atoms with E-state index in [9.17, 15) is 0 Å². The molecule has 0 radical (unpaired) electrons. The molecule has 2 nitrogen and oxygen atoms in total. The van der Waals surface area contributed by atoms with Crippen molar-refractivity contribution in [2.45, 2.75) is 31.3 Å². The Kier molecular flexibility index (Phi) is 3.17. The van der Waals surface area contributed by atoms with Gasteiger partial charge < -0.3 is 10.1 Å². The number of ether oxygens (including phenoxy) is 1. The maximum absolute atomic E-state index is 5.88. The zero-order valence-corrected chi connectivity index (χ0v) is 10.5. The van der Waals surface area contributed by atoms with Crippen molar-refractivity contribution in [3.8, 4) is 0 Å². The minimum Gasteiger partial charge on any atom is -0.373 e. The molecule has 2 aliphatic rings. The summed E-state index contributed by atoms with van der Waals surface area (Å²) in [6.07, 6.45) is 4.23. The predicted octanol–water partition coefficient (Wildman–Crippen LogP) is 2.86. The van der Waals surface area contributed by atoms with Crippen molar-refractivity contribution in [2.24, 2.45) is 5.92 Å². The number of hydrogen-bond donors (Lipinski definition) is 1. The summed E-state index contributed by atoms with van der Waals surface area (Å²) in [6, 6.07) is 9.13. The monoisotopic (exact) mass is 231 g/mol. The van der Waals surface area contributed by atoms with E-state index in [4.69, 9.17) is 4.74 Å². The number of benzene rings is 1. The molecule has 1 N–H and O–H groups in total. The van der Waals surface area contributed by atoms with Crippen LogP contribution in [0.25, 0.3) is 0 Å². The second-order valence-electron chi connectivity index (χ2n) is 5.34. The molecule has 17 heavy (non-hydrogen) atoms. The van der Waals surface area contributed by atoms with Gasteiger partial charge in [0.05, 0.1) is 6.10 Å². The summed E-state index contributed by atoms with van der Waals surface area (Å²) >= 11 is 0. The van der Waals surface area contributed by atoms with Gasteiger partial charge in [0.2, 0.25) is 0 Å². The van der Waals surface area contributed by atoms with Crippen LogP contribution in [0.5, 0.6) is 0 Å². The summed E-state index contributed by atoms with van der Waals surface area (Å²) in [5, 5.41) is 3.27. The highest BCUT2D eigenvalue weighted by Crippen LogP contribution is 2.41. The average Bonchev–Trinajstić information content (AvgIpc) is 3.11. The smallest absolute Gasteiger partial charge is 0.0866 e. The van der Waals surface area contributed by atoms with Crippen LogP contribution in [-0.4, -0.2) is 20.2 Å². The SMILES string of the molecule is CNCC1CCOC1c1ccc(C2CC2)cc1. The highest BCUT2D eigenvalue weighted by molar-refractivity contribution is 5.29. The van der Waals surface area contributed by atoms with Gasteiger partial charge in [-0.25, -0.2) is 0 Å². The first-order valence-electron chi connectivity index (χ1n) is 6.74. The Labute approximate surface area is 103 Å². The molecule has 2 heteroatoms. The molecule has 0 aromatic heterocycles. The van der Waals surface area contributed by atoms with Crippen molar-refractivity contribution in [3.05, 3.63) is 35.4 Å². The molecule has 1 saturated carbocycles. The number of hydrogen-bond acceptors (Lipinski definition) is 2. The van der Waals surface area contributed by atoms with E-state index >= 15 is 0 Å². The summed E-state index contributed by atoms with van der Waals surface area (Å²) in [4.78, 5) is 0. The van der Waals surface area contributed by atoms with Gasteiger partial charge in [-0.1, -0.05) is 24.3 Å². The summed E-state index contributed by atoms with van der Waals surface area (Å²) in [7, 11) is 2.02. The molecule has 0 bridgehead atoms. The minimum absolute atomic E-state index is 0.302. The van der Waals surface area contributed by atoms with Gasteiger partial charge in [-0.05, 0) is 43.4 Å². The van der Waals surface area contributed by atoms with E-state index in [2.05, 4.69) is 29.6 Å². The third kappa shape index (κ3) is 2.38. The van der Waals surface area contributed by atoms with Gasteiger partial charge in [-0.3, -0.25) is 0 Å². The quantitative estimate of drug-likeness (QED) is 0.860. The minimum atomic E-state index is 0.302. The largest absolute Gasteiger partial charge is 0.373 e. The summed E-state index contributed by atoms with van der Waals surface area (Å²) in [5.74, 6) is 1.48. The van der Waals surface area contributed by atoms with Crippen LogP contribution >= 0.6 is 0 Å². The first-order valence-corrected chi connectivity index (χ1v) is 6.74. The van der Waals surface area contributed by atoms with Gasteiger partial charge in [-0.2, -0.15) is 0 Å². The predicted molar refractivity (Wildman–Crippen MR) is 69.1 cm³/mol. The van der Waals surface area contributed by atoms with Crippen molar-refractivity contribution >= 4 is 0 Å². The first kappa shape index (κ1) is 11.2. The normalized spacial score (nSPS) is 28.5. The lowest BCUT2D eigenvalue weighted by atomic mass is 9.94. The maximum Gasteiger partial charge on any atom is 0.0866 e. The molecule has 2 fully saturated rings. The lowest BCUT2D eigenvalue weighted by Crippen LogP contribution is -2.21. The fraction of sp³-hybridized carbons (Fsp3) is 0.600. The molecule has 1 aliphatic carbocycles. The van der Waals surface area contributed by atoms with E-state index in [0.717, 1.165) is 19.1 Å². The summed E-state index contributed by atoms with van der Waals surface area (Å²) in [5.41, 5.74) is 2.86. The maximum atomic E-state index is 5.88. The average molecular weight is 231 g/mol. The zero-order chi connectivity index (χ0) is 11.7. The van der Waals surface area contributed by atoms with Gasteiger partial charge in [-0.15, -0.1) is 0 Å². The molecule has 3 rings (SSSR count). The van der Waals surface area contributed by atoms with Crippen LogP contribution in [0.4, 0.5) is 0 Å². The molecular weight excluding hydrogens is 210 g/mol. The van der Waals surface area contributed by atoms with E-state index in [-0.39, 0.29) is 0 Å². The Balaban J connectivity index is 1.73. The van der Waals surface area contributed by atoms with Crippen LogP contribution in [0.3, 0.4) is 0 Å². The molecule has 0 amide bonds. The molecule has 1 saturated heterocycles. The third-order valence-corrected chi connectivity index (χ3v) is 3.99. The van der Waals surface area contributed by atoms with Crippen LogP contribution < -0.4 is 5.32 Å². The molecule has 1 aromatic carbocycles. The fourth-order valence-electron chi connectivity index (χ4n) is 2.85. The summed E-state index contributed by atoms with van der Waals surface area (Å²) < 4.78 is 5.88. The highest BCUT2D eigenvalue weighted by atomic mass is 16.5. The molecule has 92 valence electrons. The molecule has 2 unspecified atom stereocenters. The van der Waals surface area contributed by atoms with Crippen LogP contribution in [-0.2, 0) is 4.74 Å². The van der Waals surface area contributed by atoms with E-state index < -0.39 is 0 Å². The standard InChI is InChI=1S/C15H21NO/c1-16-10-14-8-9-17-15(14)13-6-4-12(5-7-13)11-2-3-11/h4-7,11,14-16H,2-3,8-10H2,1H3. The third-order valence-electron chi connectivity index (χ3n) is 3.99. The zero-order valence-electron chi connectivity index (χ0n) is 10.5. The van der Waals surface area contributed by atoms with E-state index in [1.54, 1.807) is 0 Å². The van der Waals surface area contributed by atoms with Gasteiger partial charge in [0.25, 0.3) is 0 Å². The van der Waals surface area contributed by atoms with Gasteiger partial charge in [0, 0.05) is 19.1 Å². The van der Waals surface area contributed by atoms with Crippen LogP contribution in [0.1, 0.15) is 42.4 Å². The van der Waals surface area contributed by atoms with Crippen molar-refractivity contribution in [1.29, 1.82) is 0 Å². The van der Waals surface area contributed by atoms with Crippen molar-refractivity contribution < 1.29 is 4.74 Å². The van der Waals surface area contributed by atoms with Crippen LogP contribution in [0.15, 0.2) is 24.3 Å². The Morgan fingerprint density at radius 3 is 2.47 bits per heavy atom. The second-order valence-corrected chi connectivity index (χ2v) is 5.34. The Bertz CT molecular complexity index is 369. The molecular formula is C15H21NO. The lowest BCUT2D eigenvalue weighted by molar-refractivity contribution is 0.0909. The molecule has 1 heterocycles. The first-order chi connectivity index (χ1) is 8.38. The van der Waals surface area contributed by atoms with Gasteiger partial charge in [0.1, 0.15) is 0 Å². The molecule has 1 aliphatic heterocycles. The van der Waals surface area contributed by atoms with Crippen LogP contribution in [0.2, 0.25) is 0 Å².